The van der Waals surface area contributed by atoms with Gasteiger partial charge < -0.3 is 19.3 Å². The van der Waals surface area contributed by atoms with Crippen LogP contribution in [0.5, 0.6) is 0 Å². The first-order chi connectivity index (χ1) is 12.6. The van der Waals surface area contributed by atoms with Crippen LogP contribution in [0.25, 0.3) is 0 Å². The summed E-state index contributed by atoms with van der Waals surface area (Å²) < 4.78 is 10.2. The molecule has 0 aliphatic rings. The van der Waals surface area contributed by atoms with E-state index in [-0.39, 0.29) is 17.3 Å². The van der Waals surface area contributed by atoms with E-state index in [0.717, 1.165) is 5.69 Å². The molecule has 9 nitrogen and oxygen atoms in total. The second-order valence-corrected chi connectivity index (χ2v) is 5.49. The highest BCUT2D eigenvalue weighted by Gasteiger charge is 2.29. The predicted molar refractivity (Wildman–Crippen MR) is 99.2 cm³/mol. The first kappa shape index (κ1) is 19.5. The summed E-state index contributed by atoms with van der Waals surface area (Å²) in [6, 6.07) is 9.33. The average Bonchev–Trinajstić information content (AvgIpc) is 2.67. The van der Waals surface area contributed by atoms with Crippen molar-refractivity contribution in [3.63, 3.8) is 0 Å². The molecule has 1 heterocycles. The summed E-state index contributed by atoms with van der Waals surface area (Å²) >= 11 is 0. The maximum atomic E-state index is 11.8. The summed E-state index contributed by atoms with van der Waals surface area (Å²) in [5, 5.41) is 11.8. The summed E-state index contributed by atoms with van der Waals surface area (Å²) in [6.07, 6.45) is 1.34. The largest absolute Gasteiger partial charge is 0.383 e. The number of aromatic nitrogens is 2. The van der Waals surface area contributed by atoms with Crippen molar-refractivity contribution in [1.82, 2.24) is 9.97 Å². The number of nitro groups is 1. The third-order valence-electron chi connectivity index (χ3n) is 3.86. The number of hydrogen-bond donors (Lipinski definition) is 0. The van der Waals surface area contributed by atoms with Crippen molar-refractivity contribution in [2.75, 3.05) is 57.4 Å². The first-order valence-corrected chi connectivity index (χ1v) is 8.11. The monoisotopic (exact) mass is 361 g/mol. The van der Waals surface area contributed by atoms with E-state index in [2.05, 4.69) is 9.97 Å². The number of methoxy groups -OCH3 is 2. The summed E-state index contributed by atoms with van der Waals surface area (Å²) in [7, 11) is 4.90. The molecule has 26 heavy (non-hydrogen) atoms. The maximum absolute atomic E-state index is 11.8. The fourth-order valence-electron chi connectivity index (χ4n) is 2.50. The van der Waals surface area contributed by atoms with Gasteiger partial charge in [0.15, 0.2) is 0 Å². The maximum Gasteiger partial charge on any atom is 0.353 e. The van der Waals surface area contributed by atoms with Crippen molar-refractivity contribution in [2.24, 2.45) is 0 Å². The van der Waals surface area contributed by atoms with Gasteiger partial charge in [-0.15, -0.1) is 0 Å². The summed E-state index contributed by atoms with van der Waals surface area (Å²) in [5.41, 5.74) is 0.645. The van der Waals surface area contributed by atoms with Crippen LogP contribution in [0.4, 0.5) is 23.0 Å². The summed E-state index contributed by atoms with van der Waals surface area (Å²) in [5.74, 6) is 0.475. The number of rotatable bonds is 10. The van der Waals surface area contributed by atoms with E-state index >= 15 is 0 Å². The lowest BCUT2D eigenvalue weighted by Crippen LogP contribution is -2.32. The zero-order chi connectivity index (χ0) is 18.9. The van der Waals surface area contributed by atoms with Gasteiger partial charge >= 0.3 is 5.69 Å². The number of anilines is 3. The van der Waals surface area contributed by atoms with Crippen LogP contribution in [-0.4, -0.2) is 62.5 Å². The van der Waals surface area contributed by atoms with E-state index in [0.29, 0.717) is 26.3 Å². The molecule has 1 aromatic heterocycles. The standard InChI is InChI=1S/C17H23N5O4/c1-20(14-7-5-4-6-8-14)16-15(22(23)24)17(19-13-18-16)21(9-11-25-2)10-12-26-3/h4-8,13H,9-12H2,1-3H3. The lowest BCUT2D eigenvalue weighted by molar-refractivity contribution is -0.383. The fourth-order valence-corrected chi connectivity index (χ4v) is 2.50. The van der Waals surface area contributed by atoms with Gasteiger partial charge in [0, 0.05) is 40.0 Å². The molecule has 0 saturated carbocycles. The van der Waals surface area contributed by atoms with Gasteiger partial charge in [0.1, 0.15) is 6.33 Å². The Kier molecular flexibility index (Phi) is 7.24. The van der Waals surface area contributed by atoms with Crippen LogP contribution < -0.4 is 9.80 Å². The van der Waals surface area contributed by atoms with Crippen molar-refractivity contribution in [2.45, 2.75) is 0 Å². The van der Waals surface area contributed by atoms with Crippen molar-refractivity contribution in [3.05, 3.63) is 46.8 Å². The Labute approximate surface area is 152 Å². The van der Waals surface area contributed by atoms with E-state index in [1.807, 2.05) is 30.3 Å². The Morgan fingerprint density at radius 2 is 1.62 bits per heavy atom. The van der Waals surface area contributed by atoms with E-state index in [1.165, 1.54) is 6.33 Å². The fraction of sp³-hybridized carbons (Fsp3) is 0.412. The molecule has 0 atom stereocenters. The van der Waals surface area contributed by atoms with Crippen LogP contribution in [0.15, 0.2) is 36.7 Å². The molecule has 0 spiro atoms. The molecule has 0 radical (unpaired) electrons. The SMILES string of the molecule is COCCN(CCOC)c1ncnc(N(C)c2ccccc2)c1[N+](=O)[O-]. The van der Waals surface area contributed by atoms with Gasteiger partial charge in [-0.1, -0.05) is 18.2 Å². The molecular weight excluding hydrogens is 338 g/mol. The minimum absolute atomic E-state index is 0.147. The van der Waals surface area contributed by atoms with Crippen molar-refractivity contribution in [3.8, 4) is 0 Å². The van der Waals surface area contributed by atoms with Crippen molar-refractivity contribution < 1.29 is 14.4 Å². The van der Waals surface area contributed by atoms with Gasteiger partial charge in [-0.2, -0.15) is 0 Å². The Hall–Kier alpha value is -2.78. The lowest BCUT2D eigenvalue weighted by atomic mass is 10.3. The number of ether oxygens (including phenoxy) is 2. The number of benzene rings is 1. The van der Waals surface area contributed by atoms with Gasteiger partial charge in [-0.25, -0.2) is 9.97 Å². The zero-order valence-electron chi connectivity index (χ0n) is 15.2. The van der Waals surface area contributed by atoms with E-state index in [9.17, 15) is 10.1 Å². The highest BCUT2D eigenvalue weighted by atomic mass is 16.6. The van der Waals surface area contributed by atoms with Crippen LogP contribution >= 0.6 is 0 Å². The molecule has 0 amide bonds. The van der Waals surface area contributed by atoms with Crippen LogP contribution in [0.1, 0.15) is 0 Å². The van der Waals surface area contributed by atoms with Gasteiger partial charge in [0.05, 0.1) is 18.1 Å². The number of nitrogens with zero attached hydrogens (tertiary/aromatic N) is 5. The van der Waals surface area contributed by atoms with Crippen LogP contribution in [-0.2, 0) is 9.47 Å². The minimum atomic E-state index is -0.448. The molecule has 0 fully saturated rings. The molecule has 0 N–H and O–H groups in total. The van der Waals surface area contributed by atoms with Gasteiger partial charge in [0.2, 0.25) is 11.6 Å². The number of para-hydroxylation sites is 1. The molecule has 0 aliphatic heterocycles. The van der Waals surface area contributed by atoms with E-state index in [4.69, 9.17) is 9.47 Å². The molecule has 2 rings (SSSR count). The number of hydrogen-bond acceptors (Lipinski definition) is 8. The quantitative estimate of drug-likeness (QED) is 0.470. The van der Waals surface area contributed by atoms with Gasteiger partial charge in [-0.05, 0) is 12.1 Å². The van der Waals surface area contributed by atoms with E-state index in [1.54, 1.807) is 31.1 Å². The second-order valence-electron chi connectivity index (χ2n) is 5.49. The Morgan fingerprint density at radius 3 is 2.15 bits per heavy atom. The van der Waals surface area contributed by atoms with Crippen molar-refractivity contribution >= 4 is 23.0 Å². The molecule has 1 aromatic carbocycles. The van der Waals surface area contributed by atoms with Crippen LogP contribution in [0, 0.1) is 10.1 Å². The highest BCUT2D eigenvalue weighted by molar-refractivity contribution is 5.75. The highest BCUT2D eigenvalue weighted by Crippen LogP contribution is 2.36. The third-order valence-corrected chi connectivity index (χ3v) is 3.86. The molecule has 0 saturated heterocycles. The Balaban J connectivity index is 2.47. The zero-order valence-corrected chi connectivity index (χ0v) is 15.2. The normalized spacial score (nSPS) is 10.6. The average molecular weight is 361 g/mol. The van der Waals surface area contributed by atoms with Crippen molar-refractivity contribution in [1.29, 1.82) is 0 Å². The second kappa shape index (κ2) is 9.64. The molecular formula is C17H23N5O4. The van der Waals surface area contributed by atoms with Gasteiger partial charge in [-0.3, -0.25) is 10.1 Å². The van der Waals surface area contributed by atoms with Crippen LogP contribution in [0.2, 0.25) is 0 Å². The molecule has 0 unspecified atom stereocenters. The predicted octanol–water partition coefficient (Wildman–Crippen LogP) is 2.25. The first-order valence-electron chi connectivity index (χ1n) is 8.11. The smallest absolute Gasteiger partial charge is 0.353 e. The molecule has 0 aliphatic carbocycles. The van der Waals surface area contributed by atoms with Gasteiger partial charge in [0.25, 0.3) is 0 Å². The third kappa shape index (κ3) is 4.64. The Bertz CT molecular complexity index is 706. The molecule has 140 valence electrons. The minimum Gasteiger partial charge on any atom is -0.383 e. The molecule has 0 bridgehead atoms. The lowest BCUT2D eigenvalue weighted by Gasteiger charge is -2.25. The summed E-state index contributed by atoms with van der Waals surface area (Å²) in [6.45, 7) is 1.72. The molecule has 2 aromatic rings. The summed E-state index contributed by atoms with van der Waals surface area (Å²) in [4.78, 5) is 23.2. The Morgan fingerprint density at radius 1 is 1.04 bits per heavy atom. The van der Waals surface area contributed by atoms with E-state index < -0.39 is 4.92 Å². The van der Waals surface area contributed by atoms with Crippen LogP contribution in [0.3, 0.4) is 0 Å². The topological polar surface area (TPSA) is 93.9 Å². The molecule has 9 heteroatoms.